The van der Waals surface area contributed by atoms with E-state index in [1.807, 2.05) is 110 Å². The topological polar surface area (TPSA) is 47.9 Å². The van der Waals surface area contributed by atoms with Gasteiger partial charge in [0.25, 0.3) is 9.04 Å². The van der Waals surface area contributed by atoms with E-state index in [-0.39, 0.29) is 5.41 Å². The first-order valence-electron chi connectivity index (χ1n) is 14.8. The summed E-state index contributed by atoms with van der Waals surface area (Å²) in [6.45, 7) is 11.0. The van der Waals surface area contributed by atoms with Crippen molar-refractivity contribution in [1.29, 1.82) is 0 Å². The molecular weight excluding hydrogens is 555 g/mol. The van der Waals surface area contributed by atoms with Gasteiger partial charge in [-0.15, -0.1) is 0 Å². The van der Waals surface area contributed by atoms with Gasteiger partial charge in [0.2, 0.25) is 0 Å². The van der Waals surface area contributed by atoms with Crippen molar-refractivity contribution in [1.82, 2.24) is 15.0 Å². The number of para-hydroxylation sites is 1. The molecule has 0 saturated heterocycles. The Balaban J connectivity index is 0.000000159. The van der Waals surface area contributed by atoms with Gasteiger partial charge in [0.1, 0.15) is 5.75 Å². The highest BCUT2D eigenvalue weighted by Gasteiger charge is 2.23. The van der Waals surface area contributed by atoms with Gasteiger partial charge in [-0.05, 0) is 66.5 Å². The van der Waals surface area contributed by atoms with Crippen LogP contribution in [0.3, 0.4) is 0 Å². The number of pyridine rings is 3. The lowest BCUT2D eigenvalue weighted by atomic mass is 9.85. The van der Waals surface area contributed by atoms with Crippen molar-refractivity contribution in [2.24, 2.45) is 0 Å². The molecule has 0 aliphatic heterocycles. The van der Waals surface area contributed by atoms with Crippen LogP contribution in [0, 0.1) is 0 Å². The summed E-state index contributed by atoms with van der Waals surface area (Å²) < 4.78 is 6.22. The molecule has 5 heteroatoms. The Kier molecular flexibility index (Phi) is 11.7. The van der Waals surface area contributed by atoms with Gasteiger partial charge in [0.15, 0.2) is 0 Å². The van der Waals surface area contributed by atoms with Crippen molar-refractivity contribution in [2.75, 3.05) is 0 Å². The second kappa shape index (κ2) is 16.1. The number of nitrogens with zero attached hydrogens (tertiary/aromatic N) is 3. The third-order valence-corrected chi connectivity index (χ3v) is 7.15. The average molecular weight is 595 g/mol. The lowest BCUT2D eigenvalue weighted by Gasteiger charge is -2.26. The Bertz CT molecular complexity index is 1510. The maximum absolute atomic E-state index is 6.22. The van der Waals surface area contributed by atoms with Crippen LogP contribution in [0.25, 0.3) is 33.8 Å². The van der Waals surface area contributed by atoms with Gasteiger partial charge in [-0.3, -0.25) is 15.0 Å². The normalized spacial score (nSPS) is 10.6. The van der Waals surface area contributed by atoms with Gasteiger partial charge >= 0.3 is 0 Å². The summed E-state index contributed by atoms with van der Waals surface area (Å²) in [6.07, 6.45) is 5.44. The van der Waals surface area contributed by atoms with Gasteiger partial charge in [-0.25, -0.2) is 0 Å². The van der Waals surface area contributed by atoms with Crippen LogP contribution in [0.2, 0.25) is 13.1 Å². The van der Waals surface area contributed by atoms with Crippen LogP contribution in [0.15, 0.2) is 152 Å². The van der Waals surface area contributed by atoms with Crippen molar-refractivity contribution in [3.8, 4) is 39.5 Å². The zero-order chi connectivity index (χ0) is 31.2. The number of benzene rings is 3. The van der Waals surface area contributed by atoms with Gasteiger partial charge < -0.3 is 4.43 Å². The summed E-state index contributed by atoms with van der Waals surface area (Å²) in [6, 6.07) is 44.5. The largest absolute Gasteiger partial charge is 0.542 e. The fourth-order valence-electron chi connectivity index (χ4n) is 4.45. The molecule has 0 amide bonds. The van der Waals surface area contributed by atoms with Crippen LogP contribution < -0.4 is 4.43 Å². The predicted molar refractivity (Wildman–Crippen MR) is 186 cm³/mol. The molecule has 3 heterocycles. The molecule has 0 saturated carbocycles. The summed E-state index contributed by atoms with van der Waals surface area (Å²) in [4.78, 5) is 13.0. The van der Waals surface area contributed by atoms with Crippen molar-refractivity contribution in [3.63, 3.8) is 0 Å². The highest BCUT2D eigenvalue weighted by Crippen LogP contribution is 2.38. The molecule has 44 heavy (non-hydrogen) atoms. The Morgan fingerprint density at radius 2 is 0.909 bits per heavy atom. The molecule has 4 nitrogen and oxygen atoms in total. The minimum atomic E-state index is -0.825. The SMILES string of the molecule is C[Si](C)Oc1c(-c2ccccn2)cccc1C(C)(C)C.c1ccc(-c2ccccn2)cc1.c1ccc(-c2ccccn2)cc1. The van der Waals surface area contributed by atoms with E-state index >= 15 is 0 Å². The molecule has 6 aromatic rings. The predicted octanol–water partition coefficient (Wildman–Crippen LogP) is 10.2. The number of aromatic nitrogens is 3. The zero-order valence-corrected chi connectivity index (χ0v) is 27.2. The Hall–Kier alpha value is -4.87. The van der Waals surface area contributed by atoms with Crippen LogP contribution in [0.1, 0.15) is 26.3 Å². The summed E-state index contributed by atoms with van der Waals surface area (Å²) in [5.74, 6) is 0.998. The first-order valence-corrected chi connectivity index (χ1v) is 17.2. The molecule has 6 rings (SSSR count). The number of hydrogen-bond donors (Lipinski definition) is 0. The molecule has 0 N–H and O–H groups in total. The van der Waals surface area contributed by atoms with Gasteiger partial charge in [-0.1, -0.05) is 112 Å². The van der Waals surface area contributed by atoms with E-state index in [9.17, 15) is 0 Å². The highest BCUT2D eigenvalue weighted by atomic mass is 28.3. The molecule has 0 unspecified atom stereocenters. The molecule has 0 aliphatic rings. The summed E-state index contributed by atoms with van der Waals surface area (Å²) in [5.41, 5.74) is 7.73. The van der Waals surface area contributed by atoms with Crippen molar-refractivity contribution in [3.05, 3.63) is 158 Å². The van der Waals surface area contributed by atoms with Crippen LogP contribution in [0.4, 0.5) is 0 Å². The van der Waals surface area contributed by atoms with E-state index in [1.54, 1.807) is 0 Å². The monoisotopic (exact) mass is 594 g/mol. The number of rotatable bonds is 5. The number of hydrogen-bond acceptors (Lipinski definition) is 4. The average Bonchev–Trinajstić information content (AvgIpc) is 3.07. The van der Waals surface area contributed by atoms with Crippen LogP contribution >= 0.6 is 0 Å². The molecule has 0 bridgehead atoms. The molecule has 0 aliphatic carbocycles. The van der Waals surface area contributed by atoms with E-state index in [0.717, 1.165) is 39.5 Å². The maximum atomic E-state index is 6.22. The van der Waals surface area contributed by atoms with E-state index in [1.165, 1.54) is 5.56 Å². The van der Waals surface area contributed by atoms with E-state index in [2.05, 4.69) is 91.3 Å². The Morgan fingerprint density at radius 3 is 1.30 bits per heavy atom. The first-order chi connectivity index (χ1) is 21.3. The fourth-order valence-corrected chi connectivity index (χ4v) is 5.08. The summed E-state index contributed by atoms with van der Waals surface area (Å²) in [5, 5.41) is 0. The van der Waals surface area contributed by atoms with Gasteiger partial charge in [0.05, 0.1) is 17.1 Å². The van der Waals surface area contributed by atoms with Crippen molar-refractivity contribution in [2.45, 2.75) is 39.3 Å². The van der Waals surface area contributed by atoms with Crippen LogP contribution in [-0.2, 0) is 5.41 Å². The van der Waals surface area contributed by atoms with E-state index in [0.29, 0.717) is 0 Å². The molecule has 0 fully saturated rings. The molecule has 221 valence electrons. The van der Waals surface area contributed by atoms with Crippen molar-refractivity contribution >= 4 is 9.04 Å². The fraction of sp³-hybridized carbons (Fsp3) is 0.154. The summed E-state index contributed by atoms with van der Waals surface area (Å²) >= 11 is 0. The molecule has 3 aromatic carbocycles. The lowest BCUT2D eigenvalue weighted by Crippen LogP contribution is -2.19. The minimum Gasteiger partial charge on any atom is -0.542 e. The van der Waals surface area contributed by atoms with E-state index < -0.39 is 9.04 Å². The summed E-state index contributed by atoms with van der Waals surface area (Å²) in [7, 11) is -0.825. The Morgan fingerprint density at radius 1 is 0.477 bits per heavy atom. The van der Waals surface area contributed by atoms with Crippen LogP contribution in [0.5, 0.6) is 5.75 Å². The standard InChI is InChI=1S/C17H22NOSi.2C11H9N/c1-17(2,3)14-10-8-9-13(16(14)19-20(4)5)15-11-6-7-12-18-15;2*1-2-6-10(7-3-1)11-8-4-5-9-12-11/h6-12H,1-5H3;2*1-9H. The third kappa shape index (κ3) is 9.58. The highest BCUT2D eigenvalue weighted by molar-refractivity contribution is 6.49. The smallest absolute Gasteiger partial charge is 0.274 e. The molecule has 0 atom stereocenters. The van der Waals surface area contributed by atoms with Crippen molar-refractivity contribution < 1.29 is 4.43 Å². The lowest BCUT2D eigenvalue weighted by molar-refractivity contribution is 0.522. The second-order valence-electron chi connectivity index (χ2n) is 11.3. The second-order valence-corrected chi connectivity index (χ2v) is 13.3. The van der Waals surface area contributed by atoms with Gasteiger partial charge in [0, 0.05) is 35.3 Å². The molecular formula is C39H40N3OSi. The molecule has 3 aromatic heterocycles. The quantitative estimate of drug-likeness (QED) is 0.186. The first kappa shape index (κ1) is 32.0. The molecule has 0 spiro atoms. The Labute approximate surface area is 264 Å². The minimum absolute atomic E-state index is 0.0530. The molecule has 1 radical (unpaired) electrons. The van der Waals surface area contributed by atoms with Gasteiger partial charge in [-0.2, -0.15) is 0 Å². The zero-order valence-electron chi connectivity index (χ0n) is 26.2. The van der Waals surface area contributed by atoms with E-state index in [4.69, 9.17) is 4.43 Å². The van der Waals surface area contributed by atoms with Crippen LogP contribution in [-0.4, -0.2) is 24.0 Å². The maximum Gasteiger partial charge on any atom is 0.274 e. The third-order valence-electron chi connectivity index (χ3n) is 6.54.